The summed E-state index contributed by atoms with van der Waals surface area (Å²) >= 11 is 0. The summed E-state index contributed by atoms with van der Waals surface area (Å²) in [5, 5.41) is 7.45. The Balaban J connectivity index is 1.60. The molecule has 156 valence electrons. The second-order valence-corrected chi connectivity index (χ2v) is 7.21. The molecule has 6 nitrogen and oxygen atoms in total. The van der Waals surface area contributed by atoms with E-state index in [0.717, 1.165) is 17.3 Å². The Kier molecular flexibility index (Phi) is 4.98. The molecule has 2 unspecified atom stereocenters. The first kappa shape index (κ1) is 20.0. The number of hydrazine groups is 1. The zero-order valence-corrected chi connectivity index (χ0v) is 16.3. The van der Waals surface area contributed by atoms with Crippen LogP contribution in [0, 0.1) is 6.92 Å². The molecule has 3 N–H and O–H groups in total. The van der Waals surface area contributed by atoms with Crippen LogP contribution in [0.4, 0.5) is 18.9 Å². The predicted molar refractivity (Wildman–Crippen MR) is 106 cm³/mol. The summed E-state index contributed by atoms with van der Waals surface area (Å²) in [6.07, 6.45) is 0.0376. The molecule has 0 spiro atoms. The fourth-order valence-corrected chi connectivity index (χ4v) is 3.64. The summed E-state index contributed by atoms with van der Waals surface area (Å²) in [5.41, 5.74) is 4.85. The van der Waals surface area contributed by atoms with Crippen LogP contribution in [0.25, 0.3) is 0 Å². The fourth-order valence-electron chi connectivity index (χ4n) is 3.64. The Morgan fingerprint density at radius 2 is 1.97 bits per heavy atom. The number of halogens is 3. The minimum Gasteiger partial charge on any atom is -0.365 e. The Morgan fingerprint density at radius 3 is 2.70 bits per heavy atom. The van der Waals surface area contributed by atoms with Crippen LogP contribution in [-0.2, 0) is 11.0 Å². The summed E-state index contributed by atoms with van der Waals surface area (Å²) in [6.45, 7) is 3.63. The van der Waals surface area contributed by atoms with E-state index < -0.39 is 17.8 Å². The van der Waals surface area contributed by atoms with Crippen molar-refractivity contribution >= 4 is 11.6 Å². The van der Waals surface area contributed by atoms with Crippen molar-refractivity contribution in [3.8, 4) is 0 Å². The number of aryl methyl sites for hydroxylation is 1. The maximum Gasteiger partial charge on any atom is 0.416 e. The van der Waals surface area contributed by atoms with Gasteiger partial charge in [-0.2, -0.15) is 13.2 Å². The van der Waals surface area contributed by atoms with Gasteiger partial charge >= 0.3 is 6.18 Å². The predicted octanol–water partition coefficient (Wildman–Crippen LogP) is 3.63. The first-order valence-corrected chi connectivity index (χ1v) is 9.34. The largest absolute Gasteiger partial charge is 0.416 e. The van der Waals surface area contributed by atoms with Crippen LogP contribution in [0.2, 0.25) is 0 Å². The number of hydrogen-bond acceptors (Lipinski definition) is 5. The zero-order chi connectivity index (χ0) is 21.5. The lowest BCUT2D eigenvalue weighted by molar-refractivity contribution is -0.138. The van der Waals surface area contributed by atoms with Crippen LogP contribution in [0.5, 0.6) is 0 Å². The highest BCUT2D eigenvalue weighted by atomic mass is 19.4. The number of carbonyl (C=O) groups is 1. The number of fused-ring (bicyclic) bond motifs is 1. The zero-order valence-electron chi connectivity index (χ0n) is 16.3. The molecule has 0 fully saturated rings. The van der Waals surface area contributed by atoms with Crippen molar-refractivity contribution in [3.63, 3.8) is 0 Å². The van der Waals surface area contributed by atoms with Crippen LogP contribution in [0.3, 0.4) is 0 Å². The smallest absolute Gasteiger partial charge is 0.365 e. The van der Waals surface area contributed by atoms with Gasteiger partial charge in [0, 0.05) is 23.8 Å². The van der Waals surface area contributed by atoms with E-state index in [9.17, 15) is 18.0 Å². The fraction of sp³-hybridized carbons (Fsp3) is 0.238. The van der Waals surface area contributed by atoms with Crippen LogP contribution in [0.15, 0.2) is 66.1 Å². The number of anilines is 1. The second-order valence-electron chi connectivity index (χ2n) is 7.21. The number of hydrogen-bond donors (Lipinski definition) is 3. The third-order valence-electron chi connectivity index (χ3n) is 5.02. The minimum atomic E-state index is -4.48. The second kappa shape index (κ2) is 7.49. The normalized spacial score (nSPS) is 20.8. The molecule has 30 heavy (non-hydrogen) atoms. The van der Waals surface area contributed by atoms with Gasteiger partial charge in [0.25, 0.3) is 5.91 Å². The third-order valence-corrected chi connectivity index (χ3v) is 5.02. The van der Waals surface area contributed by atoms with Gasteiger partial charge in [0.1, 0.15) is 11.9 Å². The number of benzene rings is 1. The van der Waals surface area contributed by atoms with E-state index in [1.807, 2.05) is 13.8 Å². The number of carbonyl (C=O) groups excluding carboxylic acids is 1. The van der Waals surface area contributed by atoms with Crippen LogP contribution in [-0.4, -0.2) is 22.1 Å². The molecule has 2 aliphatic heterocycles. The summed E-state index contributed by atoms with van der Waals surface area (Å²) < 4.78 is 40.5. The molecule has 2 atom stereocenters. The maximum absolute atomic E-state index is 13.5. The van der Waals surface area contributed by atoms with Gasteiger partial charge in [-0.05, 0) is 43.2 Å². The summed E-state index contributed by atoms with van der Waals surface area (Å²) in [5.74, 6) is -0.388. The van der Waals surface area contributed by atoms with Gasteiger partial charge in [-0.1, -0.05) is 24.3 Å². The van der Waals surface area contributed by atoms with Gasteiger partial charge in [0.2, 0.25) is 0 Å². The maximum atomic E-state index is 13.5. The van der Waals surface area contributed by atoms with E-state index in [1.54, 1.807) is 41.7 Å². The van der Waals surface area contributed by atoms with Crippen molar-refractivity contribution in [2.24, 2.45) is 0 Å². The van der Waals surface area contributed by atoms with Gasteiger partial charge < -0.3 is 10.6 Å². The number of amides is 1. The lowest BCUT2D eigenvalue weighted by atomic mass is 9.96. The van der Waals surface area contributed by atoms with Gasteiger partial charge in [-0.3, -0.25) is 14.8 Å². The molecule has 0 aliphatic carbocycles. The SMILES string of the molecule is CC1=CC(c2ccccc2C(F)(F)F)NN2C(C(=O)Nc3ccnc(C)c3)=CNC12. The first-order chi connectivity index (χ1) is 14.2. The number of nitrogens with zero attached hydrogens (tertiary/aromatic N) is 2. The van der Waals surface area contributed by atoms with Crippen LogP contribution < -0.4 is 16.1 Å². The summed E-state index contributed by atoms with van der Waals surface area (Å²) in [4.78, 5) is 16.9. The number of rotatable bonds is 3. The molecule has 4 rings (SSSR count). The Bertz CT molecular complexity index is 1050. The van der Waals surface area contributed by atoms with Crippen molar-refractivity contribution in [2.45, 2.75) is 32.2 Å². The van der Waals surface area contributed by atoms with Crippen LogP contribution in [0.1, 0.15) is 29.8 Å². The number of pyridine rings is 1. The monoisotopic (exact) mass is 415 g/mol. The summed E-state index contributed by atoms with van der Waals surface area (Å²) in [6, 6.07) is 8.10. The van der Waals surface area contributed by atoms with E-state index in [-0.39, 0.29) is 23.3 Å². The average molecular weight is 415 g/mol. The van der Waals surface area contributed by atoms with Crippen molar-refractivity contribution in [1.29, 1.82) is 0 Å². The highest BCUT2D eigenvalue weighted by Gasteiger charge is 2.39. The van der Waals surface area contributed by atoms with Gasteiger partial charge in [-0.25, -0.2) is 5.43 Å². The topological polar surface area (TPSA) is 69.3 Å². The first-order valence-electron chi connectivity index (χ1n) is 9.34. The molecule has 2 aliphatic rings. The summed E-state index contributed by atoms with van der Waals surface area (Å²) in [7, 11) is 0. The van der Waals surface area contributed by atoms with Crippen molar-refractivity contribution in [2.75, 3.05) is 5.32 Å². The van der Waals surface area contributed by atoms with E-state index in [1.165, 1.54) is 12.1 Å². The molecule has 0 radical (unpaired) electrons. The van der Waals surface area contributed by atoms with E-state index in [2.05, 4.69) is 21.0 Å². The molecular weight excluding hydrogens is 395 g/mol. The molecule has 3 heterocycles. The van der Waals surface area contributed by atoms with Crippen molar-refractivity contribution in [1.82, 2.24) is 20.7 Å². The van der Waals surface area contributed by atoms with Crippen molar-refractivity contribution in [3.05, 3.63) is 83.0 Å². The quantitative estimate of drug-likeness (QED) is 0.668. The molecule has 1 amide bonds. The number of nitrogens with one attached hydrogen (secondary N) is 3. The minimum absolute atomic E-state index is 0.0965. The van der Waals surface area contributed by atoms with E-state index in [4.69, 9.17) is 0 Å². The van der Waals surface area contributed by atoms with Gasteiger partial charge in [0.05, 0.1) is 11.6 Å². The highest BCUT2D eigenvalue weighted by Crippen LogP contribution is 2.37. The van der Waals surface area contributed by atoms with Gasteiger partial charge in [0.15, 0.2) is 0 Å². The van der Waals surface area contributed by atoms with E-state index in [0.29, 0.717) is 5.69 Å². The van der Waals surface area contributed by atoms with Gasteiger partial charge in [-0.15, -0.1) is 0 Å². The van der Waals surface area contributed by atoms with Crippen molar-refractivity contribution < 1.29 is 18.0 Å². The third kappa shape index (κ3) is 3.76. The lowest BCUT2D eigenvalue weighted by Crippen LogP contribution is -2.52. The standard InChI is InChI=1S/C21H20F3N5O/c1-12-9-17(15-5-3-4-6-16(15)21(22,23)24)28-29-18(11-26-19(12)29)20(30)27-14-7-8-25-13(2)10-14/h3-11,17,19,26,28H,1-2H3,(H,25,27,30). The molecule has 9 heteroatoms. The number of alkyl halides is 3. The highest BCUT2D eigenvalue weighted by molar-refractivity contribution is 6.03. The Morgan fingerprint density at radius 1 is 1.20 bits per heavy atom. The molecular formula is C21H20F3N5O. The Hall–Kier alpha value is -3.33. The molecule has 1 aromatic heterocycles. The molecule has 0 bridgehead atoms. The molecule has 2 aromatic rings. The Labute approximate surface area is 171 Å². The molecule has 0 saturated carbocycles. The lowest BCUT2D eigenvalue weighted by Gasteiger charge is -2.38. The molecule has 0 saturated heterocycles. The number of aromatic nitrogens is 1. The van der Waals surface area contributed by atoms with E-state index >= 15 is 0 Å². The average Bonchev–Trinajstić information content (AvgIpc) is 3.12. The van der Waals surface area contributed by atoms with Crippen LogP contribution >= 0.6 is 0 Å². The molecule has 1 aromatic carbocycles.